The van der Waals surface area contributed by atoms with Crippen molar-refractivity contribution < 1.29 is 9.21 Å². The molecule has 0 aliphatic heterocycles. The molecule has 0 aliphatic rings. The van der Waals surface area contributed by atoms with Gasteiger partial charge in [0.05, 0.1) is 5.56 Å². The van der Waals surface area contributed by atoms with Crippen LogP contribution in [0, 0.1) is 6.92 Å². The van der Waals surface area contributed by atoms with E-state index in [1.54, 1.807) is 23.9 Å². The Bertz CT molecular complexity index is 953. The number of hydrogen-bond donors (Lipinski definition) is 1. The quantitative estimate of drug-likeness (QED) is 0.519. The fourth-order valence-electron chi connectivity index (χ4n) is 2.64. The number of amides is 1. The molecule has 1 N–H and O–H groups in total. The molecule has 0 aliphatic carbocycles. The van der Waals surface area contributed by atoms with Crippen LogP contribution in [0.15, 0.2) is 46.7 Å². The molecule has 0 spiro atoms. The van der Waals surface area contributed by atoms with Crippen LogP contribution in [0.25, 0.3) is 11.1 Å². The summed E-state index contributed by atoms with van der Waals surface area (Å²) in [5, 5.41) is 7.13. The van der Waals surface area contributed by atoms with Gasteiger partial charge in [-0.05, 0) is 19.4 Å². The highest BCUT2D eigenvalue weighted by molar-refractivity contribution is 6.06. The Kier molecular flexibility index (Phi) is 4.78. The minimum atomic E-state index is -0.341. The molecule has 0 unspecified atom stereocenters. The van der Waals surface area contributed by atoms with E-state index in [4.69, 9.17) is 4.42 Å². The zero-order valence-electron chi connectivity index (χ0n) is 13.9. The first-order chi connectivity index (χ1) is 12.1. The van der Waals surface area contributed by atoms with E-state index in [0.29, 0.717) is 25.4 Å². The van der Waals surface area contributed by atoms with Crippen LogP contribution in [-0.4, -0.2) is 31.8 Å². The molecule has 0 bridgehead atoms. The molecule has 0 saturated heterocycles. The second-order valence-corrected chi connectivity index (χ2v) is 5.58. The molecule has 8 heteroatoms. The predicted octanol–water partition coefficient (Wildman–Crippen LogP) is 1.50. The predicted molar refractivity (Wildman–Crippen MR) is 92.4 cm³/mol. The van der Waals surface area contributed by atoms with E-state index < -0.39 is 0 Å². The fraction of sp³-hybridized carbons (Fsp3) is 0.294. The average Bonchev–Trinajstić information content (AvgIpc) is 3.21. The van der Waals surface area contributed by atoms with Crippen LogP contribution in [0.1, 0.15) is 22.5 Å². The second kappa shape index (κ2) is 7.16. The molecular formula is C17H19N5O3. The standard InChI is InChI=1S/C17H19N5O3/c1-3-8-21-11-19-16-14(17(21)24)13(12(2)25-16)15(23)18-6-4-9-22-10-5-7-20-22/h3,5,7,10-11H,1,4,6,8-9H2,2H3,(H,18,23). The summed E-state index contributed by atoms with van der Waals surface area (Å²) in [6.45, 7) is 6.75. The molecule has 1 amide bonds. The minimum Gasteiger partial charge on any atom is -0.442 e. The second-order valence-electron chi connectivity index (χ2n) is 5.58. The molecule has 3 heterocycles. The van der Waals surface area contributed by atoms with Crippen molar-refractivity contribution >= 4 is 17.0 Å². The number of furan rings is 1. The first-order valence-electron chi connectivity index (χ1n) is 7.97. The zero-order valence-corrected chi connectivity index (χ0v) is 13.9. The van der Waals surface area contributed by atoms with E-state index in [9.17, 15) is 9.59 Å². The van der Waals surface area contributed by atoms with Crippen LogP contribution in [-0.2, 0) is 13.1 Å². The van der Waals surface area contributed by atoms with E-state index in [0.717, 1.165) is 6.42 Å². The van der Waals surface area contributed by atoms with Crippen molar-refractivity contribution in [2.45, 2.75) is 26.4 Å². The maximum atomic E-state index is 12.6. The van der Waals surface area contributed by atoms with Crippen molar-refractivity contribution in [1.29, 1.82) is 0 Å². The summed E-state index contributed by atoms with van der Waals surface area (Å²) in [6.07, 6.45) is 7.28. The number of carbonyl (C=O) groups excluding carboxylic acids is 1. The minimum absolute atomic E-state index is 0.171. The van der Waals surface area contributed by atoms with Crippen LogP contribution in [0.2, 0.25) is 0 Å². The summed E-state index contributed by atoms with van der Waals surface area (Å²) in [5.41, 5.74) is 0.0953. The summed E-state index contributed by atoms with van der Waals surface area (Å²) in [4.78, 5) is 29.2. The summed E-state index contributed by atoms with van der Waals surface area (Å²) in [7, 11) is 0. The lowest BCUT2D eigenvalue weighted by Crippen LogP contribution is -2.28. The zero-order chi connectivity index (χ0) is 17.8. The third-order valence-corrected chi connectivity index (χ3v) is 3.82. The number of allylic oxidation sites excluding steroid dienone is 1. The Labute approximate surface area is 143 Å². The van der Waals surface area contributed by atoms with Gasteiger partial charge in [-0.1, -0.05) is 6.08 Å². The maximum Gasteiger partial charge on any atom is 0.265 e. The van der Waals surface area contributed by atoms with Crippen LogP contribution in [0.5, 0.6) is 0 Å². The molecule has 0 aromatic carbocycles. The monoisotopic (exact) mass is 341 g/mol. The molecular weight excluding hydrogens is 322 g/mol. The molecule has 8 nitrogen and oxygen atoms in total. The summed E-state index contributed by atoms with van der Waals surface area (Å²) < 4.78 is 8.66. The van der Waals surface area contributed by atoms with Gasteiger partial charge in [0.2, 0.25) is 5.71 Å². The van der Waals surface area contributed by atoms with Gasteiger partial charge in [-0.25, -0.2) is 4.98 Å². The average molecular weight is 341 g/mol. The Hall–Kier alpha value is -3.16. The van der Waals surface area contributed by atoms with Crippen molar-refractivity contribution in [3.8, 4) is 0 Å². The Morgan fingerprint density at radius 2 is 2.32 bits per heavy atom. The fourth-order valence-corrected chi connectivity index (χ4v) is 2.64. The number of hydrogen-bond acceptors (Lipinski definition) is 5. The van der Waals surface area contributed by atoms with Crippen LogP contribution < -0.4 is 10.9 Å². The Balaban J connectivity index is 1.78. The topological polar surface area (TPSA) is 95.0 Å². The number of nitrogens with zero attached hydrogens (tertiary/aromatic N) is 4. The van der Waals surface area contributed by atoms with Gasteiger partial charge in [-0.3, -0.25) is 18.8 Å². The van der Waals surface area contributed by atoms with Gasteiger partial charge in [-0.15, -0.1) is 6.58 Å². The molecule has 3 aromatic rings. The van der Waals surface area contributed by atoms with Gasteiger partial charge < -0.3 is 9.73 Å². The van der Waals surface area contributed by atoms with Crippen LogP contribution in [0.4, 0.5) is 0 Å². The lowest BCUT2D eigenvalue weighted by Gasteiger charge is -2.05. The molecule has 3 aromatic heterocycles. The van der Waals surface area contributed by atoms with Crippen molar-refractivity contribution in [1.82, 2.24) is 24.6 Å². The van der Waals surface area contributed by atoms with Gasteiger partial charge in [0, 0.05) is 32.0 Å². The molecule has 3 rings (SSSR count). The van der Waals surface area contributed by atoms with Crippen molar-refractivity contribution in [3.05, 3.63) is 59.1 Å². The van der Waals surface area contributed by atoms with Crippen molar-refractivity contribution in [3.63, 3.8) is 0 Å². The van der Waals surface area contributed by atoms with Crippen LogP contribution in [0.3, 0.4) is 0 Å². The third-order valence-electron chi connectivity index (χ3n) is 3.82. The Morgan fingerprint density at radius 1 is 1.48 bits per heavy atom. The van der Waals surface area contributed by atoms with E-state index in [1.807, 2.05) is 12.3 Å². The van der Waals surface area contributed by atoms with Gasteiger partial charge in [0.15, 0.2) is 0 Å². The molecule has 130 valence electrons. The van der Waals surface area contributed by atoms with Gasteiger partial charge in [0.25, 0.3) is 11.5 Å². The lowest BCUT2D eigenvalue weighted by atomic mass is 10.1. The molecule has 0 atom stereocenters. The summed E-state index contributed by atoms with van der Waals surface area (Å²) in [5.74, 6) is 0.0347. The third kappa shape index (κ3) is 3.37. The maximum absolute atomic E-state index is 12.6. The highest BCUT2D eigenvalue weighted by Gasteiger charge is 2.22. The van der Waals surface area contributed by atoms with E-state index in [-0.39, 0.29) is 28.1 Å². The normalized spacial score (nSPS) is 10.9. The number of nitrogens with one attached hydrogen (secondary N) is 1. The molecule has 0 radical (unpaired) electrons. The number of aryl methyl sites for hydroxylation is 2. The highest BCUT2D eigenvalue weighted by atomic mass is 16.3. The van der Waals surface area contributed by atoms with E-state index in [2.05, 4.69) is 22.0 Å². The van der Waals surface area contributed by atoms with Crippen molar-refractivity contribution in [2.75, 3.05) is 6.54 Å². The number of fused-ring (bicyclic) bond motifs is 1. The first-order valence-corrected chi connectivity index (χ1v) is 7.97. The first kappa shape index (κ1) is 16.7. The van der Waals surface area contributed by atoms with E-state index in [1.165, 1.54) is 10.9 Å². The number of aromatic nitrogens is 4. The summed E-state index contributed by atoms with van der Waals surface area (Å²) >= 11 is 0. The molecule has 0 fully saturated rings. The largest absolute Gasteiger partial charge is 0.442 e. The highest BCUT2D eigenvalue weighted by Crippen LogP contribution is 2.20. The lowest BCUT2D eigenvalue weighted by molar-refractivity contribution is 0.0952. The van der Waals surface area contributed by atoms with Crippen LogP contribution >= 0.6 is 0 Å². The number of rotatable bonds is 7. The van der Waals surface area contributed by atoms with Gasteiger partial charge in [-0.2, -0.15) is 5.10 Å². The SMILES string of the molecule is C=CCn1cnc2oc(C)c(C(=O)NCCCn3cccn3)c2c1=O. The van der Waals surface area contributed by atoms with E-state index >= 15 is 0 Å². The summed E-state index contributed by atoms with van der Waals surface area (Å²) in [6, 6.07) is 1.85. The molecule has 0 saturated carbocycles. The van der Waals surface area contributed by atoms with Gasteiger partial charge in [0.1, 0.15) is 17.5 Å². The van der Waals surface area contributed by atoms with Gasteiger partial charge >= 0.3 is 0 Å². The Morgan fingerprint density at radius 3 is 3.04 bits per heavy atom. The molecule has 25 heavy (non-hydrogen) atoms. The number of carbonyl (C=O) groups is 1. The smallest absolute Gasteiger partial charge is 0.265 e. The van der Waals surface area contributed by atoms with Crippen molar-refractivity contribution in [2.24, 2.45) is 0 Å².